The first-order valence-corrected chi connectivity index (χ1v) is 5.58. The fraction of sp³-hybridized carbons (Fsp3) is 0.462. The zero-order chi connectivity index (χ0) is 11.6. The third-order valence-corrected chi connectivity index (χ3v) is 3.44. The SMILES string of the molecule is CCC(C)(C)C(=O)c1cccc(C)c1Cl. The van der Waals surface area contributed by atoms with Crippen LogP contribution < -0.4 is 0 Å². The Balaban J connectivity index is 3.18. The largest absolute Gasteiger partial charge is 0.294 e. The fourth-order valence-electron chi connectivity index (χ4n) is 1.35. The smallest absolute Gasteiger partial charge is 0.169 e. The topological polar surface area (TPSA) is 17.1 Å². The first-order valence-electron chi connectivity index (χ1n) is 5.20. The molecule has 1 aromatic carbocycles. The molecule has 0 fully saturated rings. The predicted molar refractivity (Wildman–Crippen MR) is 64.6 cm³/mol. The second-order valence-corrected chi connectivity index (χ2v) is 4.88. The minimum Gasteiger partial charge on any atom is -0.294 e. The van der Waals surface area contributed by atoms with E-state index in [2.05, 4.69) is 0 Å². The molecule has 1 rings (SSSR count). The van der Waals surface area contributed by atoms with Gasteiger partial charge in [-0.3, -0.25) is 4.79 Å². The Kier molecular flexibility index (Phi) is 3.56. The van der Waals surface area contributed by atoms with Gasteiger partial charge < -0.3 is 0 Å². The van der Waals surface area contributed by atoms with E-state index in [1.807, 2.05) is 39.8 Å². The van der Waals surface area contributed by atoms with Crippen LogP contribution in [0, 0.1) is 12.3 Å². The summed E-state index contributed by atoms with van der Waals surface area (Å²) in [7, 11) is 0. The molecule has 0 atom stereocenters. The molecule has 1 nitrogen and oxygen atoms in total. The normalized spacial score (nSPS) is 11.5. The van der Waals surface area contributed by atoms with Crippen LogP contribution in [0.2, 0.25) is 5.02 Å². The molecule has 15 heavy (non-hydrogen) atoms. The minimum atomic E-state index is -0.336. The van der Waals surface area contributed by atoms with Gasteiger partial charge in [-0.1, -0.05) is 44.5 Å². The van der Waals surface area contributed by atoms with E-state index in [-0.39, 0.29) is 11.2 Å². The zero-order valence-corrected chi connectivity index (χ0v) is 10.5. The summed E-state index contributed by atoms with van der Waals surface area (Å²) in [5.41, 5.74) is 1.26. The number of ketones is 1. The quantitative estimate of drug-likeness (QED) is 0.701. The molecule has 0 spiro atoms. The van der Waals surface area contributed by atoms with Crippen LogP contribution in [0.25, 0.3) is 0 Å². The minimum absolute atomic E-state index is 0.124. The number of Topliss-reactive ketones (excluding diaryl/α,β-unsaturated/α-hetero) is 1. The van der Waals surface area contributed by atoms with Crippen LogP contribution in [-0.4, -0.2) is 5.78 Å². The van der Waals surface area contributed by atoms with E-state index in [9.17, 15) is 4.79 Å². The molecule has 82 valence electrons. The third kappa shape index (κ3) is 2.40. The van der Waals surface area contributed by atoms with E-state index < -0.39 is 0 Å². The van der Waals surface area contributed by atoms with Crippen molar-refractivity contribution in [3.8, 4) is 0 Å². The van der Waals surface area contributed by atoms with Crippen LogP contribution in [0.5, 0.6) is 0 Å². The van der Waals surface area contributed by atoms with E-state index in [1.165, 1.54) is 0 Å². The molecule has 2 heteroatoms. The lowest BCUT2D eigenvalue weighted by atomic mass is 9.82. The molecule has 0 saturated carbocycles. The molecule has 0 aliphatic heterocycles. The van der Waals surface area contributed by atoms with E-state index in [0.717, 1.165) is 12.0 Å². The van der Waals surface area contributed by atoms with Gasteiger partial charge in [0.2, 0.25) is 0 Å². The van der Waals surface area contributed by atoms with Gasteiger partial charge in [-0.2, -0.15) is 0 Å². The third-order valence-electron chi connectivity index (χ3n) is 2.93. The Morgan fingerprint density at radius 3 is 2.53 bits per heavy atom. The average Bonchev–Trinajstić information content (AvgIpc) is 2.21. The Morgan fingerprint density at radius 2 is 2.00 bits per heavy atom. The molecule has 0 saturated heterocycles. The van der Waals surface area contributed by atoms with E-state index in [4.69, 9.17) is 11.6 Å². The second kappa shape index (κ2) is 4.36. The molecule has 0 aromatic heterocycles. The monoisotopic (exact) mass is 224 g/mol. The summed E-state index contributed by atoms with van der Waals surface area (Å²) in [5.74, 6) is 0.124. The van der Waals surface area contributed by atoms with Crippen molar-refractivity contribution in [3.05, 3.63) is 34.3 Å². The van der Waals surface area contributed by atoms with Gasteiger partial charge >= 0.3 is 0 Å². The van der Waals surface area contributed by atoms with Crippen molar-refractivity contribution in [1.82, 2.24) is 0 Å². The van der Waals surface area contributed by atoms with Crippen molar-refractivity contribution in [3.63, 3.8) is 0 Å². The van der Waals surface area contributed by atoms with Crippen molar-refractivity contribution < 1.29 is 4.79 Å². The Hall–Kier alpha value is -0.820. The van der Waals surface area contributed by atoms with Crippen LogP contribution in [-0.2, 0) is 0 Å². The summed E-state index contributed by atoms with van der Waals surface area (Å²) in [4.78, 5) is 12.2. The highest BCUT2D eigenvalue weighted by Crippen LogP contribution is 2.30. The number of carbonyl (C=O) groups excluding carboxylic acids is 1. The Labute approximate surface area is 96.5 Å². The van der Waals surface area contributed by atoms with Gasteiger partial charge in [0.15, 0.2) is 5.78 Å². The lowest BCUT2D eigenvalue weighted by Gasteiger charge is -2.21. The van der Waals surface area contributed by atoms with Gasteiger partial charge in [-0.05, 0) is 25.0 Å². The lowest BCUT2D eigenvalue weighted by Crippen LogP contribution is -2.23. The van der Waals surface area contributed by atoms with Gasteiger partial charge in [0.1, 0.15) is 0 Å². The number of hydrogen-bond acceptors (Lipinski definition) is 1. The maximum atomic E-state index is 12.2. The average molecular weight is 225 g/mol. The summed E-state index contributed by atoms with van der Waals surface area (Å²) in [6, 6.07) is 5.59. The molecular formula is C13H17ClO. The standard InChI is InChI=1S/C13H17ClO/c1-5-13(3,4)12(15)10-8-6-7-9(2)11(10)14/h6-8H,5H2,1-4H3. The zero-order valence-electron chi connectivity index (χ0n) is 9.73. The number of halogens is 1. The Bertz CT molecular complexity index is 380. The molecule has 0 radical (unpaired) electrons. The summed E-state index contributed by atoms with van der Waals surface area (Å²) in [6.45, 7) is 7.83. The predicted octanol–water partition coefficient (Wildman–Crippen LogP) is 4.27. The number of aryl methyl sites for hydroxylation is 1. The van der Waals surface area contributed by atoms with Gasteiger partial charge in [-0.25, -0.2) is 0 Å². The molecule has 0 aliphatic carbocycles. The molecule has 0 amide bonds. The van der Waals surface area contributed by atoms with Crippen LogP contribution in [0.15, 0.2) is 18.2 Å². The summed E-state index contributed by atoms with van der Waals surface area (Å²) < 4.78 is 0. The number of rotatable bonds is 3. The van der Waals surface area contributed by atoms with Crippen molar-refractivity contribution in [2.24, 2.45) is 5.41 Å². The van der Waals surface area contributed by atoms with Gasteiger partial charge in [-0.15, -0.1) is 0 Å². The summed E-state index contributed by atoms with van der Waals surface area (Å²) >= 11 is 6.13. The highest BCUT2D eigenvalue weighted by molar-refractivity contribution is 6.34. The van der Waals surface area contributed by atoms with Gasteiger partial charge in [0.25, 0.3) is 0 Å². The highest BCUT2D eigenvalue weighted by atomic mass is 35.5. The van der Waals surface area contributed by atoms with E-state index in [0.29, 0.717) is 10.6 Å². The molecule has 0 unspecified atom stereocenters. The van der Waals surface area contributed by atoms with Crippen molar-refractivity contribution in [2.75, 3.05) is 0 Å². The van der Waals surface area contributed by atoms with Gasteiger partial charge in [0.05, 0.1) is 5.02 Å². The van der Waals surface area contributed by atoms with Crippen LogP contribution >= 0.6 is 11.6 Å². The number of benzene rings is 1. The maximum Gasteiger partial charge on any atom is 0.169 e. The number of carbonyl (C=O) groups is 1. The maximum absolute atomic E-state index is 12.2. The fourth-order valence-corrected chi connectivity index (χ4v) is 1.56. The summed E-state index contributed by atoms with van der Waals surface area (Å²) in [6.07, 6.45) is 0.816. The molecular weight excluding hydrogens is 208 g/mol. The van der Waals surface area contributed by atoms with Crippen LogP contribution in [0.1, 0.15) is 43.1 Å². The first kappa shape index (κ1) is 12.3. The molecule has 0 heterocycles. The lowest BCUT2D eigenvalue weighted by molar-refractivity contribution is 0.0833. The summed E-state index contributed by atoms with van der Waals surface area (Å²) in [5, 5.41) is 0.587. The second-order valence-electron chi connectivity index (χ2n) is 4.50. The van der Waals surface area contributed by atoms with Crippen molar-refractivity contribution >= 4 is 17.4 Å². The van der Waals surface area contributed by atoms with E-state index in [1.54, 1.807) is 6.07 Å². The highest BCUT2D eigenvalue weighted by Gasteiger charge is 2.28. The molecule has 0 N–H and O–H groups in total. The molecule has 0 bridgehead atoms. The Morgan fingerprint density at radius 1 is 1.40 bits per heavy atom. The van der Waals surface area contributed by atoms with Crippen LogP contribution in [0.3, 0.4) is 0 Å². The number of hydrogen-bond donors (Lipinski definition) is 0. The first-order chi connectivity index (χ1) is 6.90. The van der Waals surface area contributed by atoms with Crippen molar-refractivity contribution in [2.45, 2.75) is 34.1 Å². The van der Waals surface area contributed by atoms with Crippen LogP contribution in [0.4, 0.5) is 0 Å². The van der Waals surface area contributed by atoms with E-state index >= 15 is 0 Å². The van der Waals surface area contributed by atoms with Gasteiger partial charge in [0, 0.05) is 11.0 Å². The molecule has 1 aromatic rings. The van der Waals surface area contributed by atoms with Crippen molar-refractivity contribution in [1.29, 1.82) is 0 Å². The molecule has 0 aliphatic rings.